The SMILES string of the molecule is O=C(CCN1CCCC1=O)Nc1ccccc1S(=O)C(F)(F)F. The summed E-state index contributed by atoms with van der Waals surface area (Å²) in [6.45, 7) is 0.802. The number of carbonyl (C=O) groups excluding carboxylic acids is 2. The summed E-state index contributed by atoms with van der Waals surface area (Å²) in [5, 5.41) is 2.33. The number of anilines is 1. The van der Waals surface area contributed by atoms with Gasteiger partial charge < -0.3 is 10.2 Å². The monoisotopic (exact) mass is 348 g/mol. The van der Waals surface area contributed by atoms with Crippen molar-refractivity contribution in [2.24, 2.45) is 0 Å². The summed E-state index contributed by atoms with van der Waals surface area (Å²) in [5.74, 6) is -0.562. The molecule has 0 saturated carbocycles. The minimum atomic E-state index is -4.90. The predicted molar refractivity (Wildman–Crippen MR) is 78.0 cm³/mol. The molecule has 1 atom stereocenters. The first-order chi connectivity index (χ1) is 10.8. The zero-order valence-corrected chi connectivity index (χ0v) is 12.9. The maximum absolute atomic E-state index is 12.6. The maximum Gasteiger partial charge on any atom is 0.475 e. The van der Waals surface area contributed by atoms with Crippen LogP contribution in [0, 0.1) is 0 Å². The highest BCUT2D eigenvalue weighted by Gasteiger charge is 2.39. The largest absolute Gasteiger partial charge is 0.475 e. The molecular formula is C14H15F3N2O3S. The Morgan fingerprint density at radius 1 is 1.30 bits per heavy atom. The van der Waals surface area contributed by atoms with Crippen LogP contribution in [0.2, 0.25) is 0 Å². The third-order valence-corrected chi connectivity index (χ3v) is 4.53. The number of likely N-dealkylation sites (tertiary alicyclic amines) is 1. The number of halogens is 3. The van der Waals surface area contributed by atoms with Crippen LogP contribution in [0.4, 0.5) is 18.9 Å². The lowest BCUT2D eigenvalue weighted by atomic mass is 10.3. The Balaban J connectivity index is 2.01. The fourth-order valence-electron chi connectivity index (χ4n) is 2.25. The molecule has 2 amide bonds. The highest BCUT2D eigenvalue weighted by atomic mass is 32.2. The van der Waals surface area contributed by atoms with Crippen molar-refractivity contribution in [3.8, 4) is 0 Å². The quantitative estimate of drug-likeness (QED) is 0.888. The molecular weight excluding hydrogens is 333 g/mol. The number of hydrogen-bond acceptors (Lipinski definition) is 3. The Bertz CT molecular complexity index is 634. The molecule has 1 heterocycles. The molecule has 0 aliphatic carbocycles. The third kappa shape index (κ3) is 4.54. The average molecular weight is 348 g/mol. The zero-order valence-electron chi connectivity index (χ0n) is 12.1. The highest BCUT2D eigenvalue weighted by Crippen LogP contribution is 2.30. The predicted octanol–water partition coefficient (Wildman–Crippen LogP) is 2.27. The van der Waals surface area contributed by atoms with Crippen LogP contribution < -0.4 is 5.32 Å². The second-order valence-electron chi connectivity index (χ2n) is 4.99. The van der Waals surface area contributed by atoms with Gasteiger partial charge in [-0.15, -0.1) is 0 Å². The molecule has 5 nitrogen and oxygen atoms in total. The minimum Gasteiger partial charge on any atom is -0.342 e. The Labute approximate surface area is 133 Å². The molecule has 1 unspecified atom stereocenters. The molecule has 9 heteroatoms. The van der Waals surface area contributed by atoms with E-state index < -0.39 is 27.1 Å². The van der Waals surface area contributed by atoms with Gasteiger partial charge in [-0.05, 0) is 18.6 Å². The van der Waals surface area contributed by atoms with Crippen LogP contribution in [0.25, 0.3) is 0 Å². The average Bonchev–Trinajstić information content (AvgIpc) is 2.89. The van der Waals surface area contributed by atoms with Gasteiger partial charge in [-0.1, -0.05) is 12.1 Å². The molecule has 1 aliphatic rings. The van der Waals surface area contributed by atoms with Gasteiger partial charge >= 0.3 is 5.51 Å². The Morgan fingerprint density at radius 3 is 2.61 bits per heavy atom. The normalized spacial score (nSPS) is 16.5. The molecule has 1 N–H and O–H groups in total. The van der Waals surface area contributed by atoms with Crippen molar-refractivity contribution in [3.05, 3.63) is 24.3 Å². The van der Waals surface area contributed by atoms with Crippen LogP contribution in [0.5, 0.6) is 0 Å². The van der Waals surface area contributed by atoms with E-state index in [9.17, 15) is 27.0 Å². The van der Waals surface area contributed by atoms with Crippen LogP contribution in [-0.4, -0.2) is 39.5 Å². The number of nitrogens with one attached hydrogen (secondary N) is 1. The van der Waals surface area contributed by atoms with Crippen molar-refractivity contribution in [2.45, 2.75) is 29.7 Å². The van der Waals surface area contributed by atoms with Gasteiger partial charge in [0.1, 0.15) is 0 Å². The Morgan fingerprint density at radius 2 is 2.00 bits per heavy atom. The summed E-state index contributed by atoms with van der Waals surface area (Å²) >= 11 is 0. The molecule has 0 radical (unpaired) electrons. The fourth-order valence-corrected chi connectivity index (χ4v) is 3.02. The van der Waals surface area contributed by atoms with E-state index in [-0.39, 0.29) is 24.6 Å². The molecule has 2 rings (SSSR count). The second kappa shape index (κ2) is 7.12. The van der Waals surface area contributed by atoms with E-state index in [0.29, 0.717) is 13.0 Å². The molecule has 0 bridgehead atoms. The van der Waals surface area contributed by atoms with Crippen molar-refractivity contribution >= 4 is 28.3 Å². The van der Waals surface area contributed by atoms with E-state index in [1.807, 2.05) is 0 Å². The summed E-state index contributed by atoms with van der Waals surface area (Å²) in [6.07, 6.45) is 1.17. The first-order valence-corrected chi connectivity index (χ1v) is 8.09. The number of rotatable bonds is 5. The number of carbonyl (C=O) groups is 2. The van der Waals surface area contributed by atoms with E-state index in [1.165, 1.54) is 18.2 Å². The van der Waals surface area contributed by atoms with Crippen molar-refractivity contribution < 1.29 is 27.0 Å². The summed E-state index contributed by atoms with van der Waals surface area (Å²) in [4.78, 5) is 24.3. The molecule has 23 heavy (non-hydrogen) atoms. The zero-order chi connectivity index (χ0) is 17.0. The van der Waals surface area contributed by atoms with Gasteiger partial charge in [-0.25, -0.2) is 4.21 Å². The molecule has 1 saturated heterocycles. The van der Waals surface area contributed by atoms with Gasteiger partial charge in [0.2, 0.25) is 11.8 Å². The molecule has 1 aliphatic heterocycles. The molecule has 1 aromatic carbocycles. The van der Waals surface area contributed by atoms with E-state index in [4.69, 9.17) is 0 Å². The lowest BCUT2D eigenvalue weighted by Crippen LogP contribution is -2.29. The fraction of sp³-hybridized carbons (Fsp3) is 0.429. The van der Waals surface area contributed by atoms with Crippen molar-refractivity contribution in [1.82, 2.24) is 4.90 Å². The van der Waals surface area contributed by atoms with Gasteiger partial charge in [-0.3, -0.25) is 9.59 Å². The number of para-hydroxylation sites is 1. The first kappa shape index (κ1) is 17.5. The van der Waals surface area contributed by atoms with Crippen molar-refractivity contribution in [2.75, 3.05) is 18.4 Å². The smallest absolute Gasteiger partial charge is 0.342 e. The van der Waals surface area contributed by atoms with Gasteiger partial charge in [0.05, 0.1) is 10.6 Å². The maximum atomic E-state index is 12.6. The Kier molecular flexibility index (Phi) is 5.40. The second-order valence-corrected chi connectivity index (χ2v) is 6.43. The van der Waals surface area contributed by atoms with Crippen LogP contribution in [0.15, 0.2) is 29.2 Å². The lowest BCUT2D eigenvalue weighted by Gasteiger charge is -2.16. The molecule has 1 fully saturated rings. The molecule has 0 aromatic heterocycles. The molecule has 126 valence electrons. The lowest BCUT2D eigenvalue weighted by molar-refractivity contribution is -0.128. The third-order valence-electron chi connectivity index (χ3n) is 3.35. The number of nitrogens with zero attached hydrogens (tertiary/aromatic N) is 1. The Hall–Kier alpha value is -1.90. The van der Waals surface area contributed by atoms with Crippen LogP contribution in [0.1, 0.15) is 19.3 Å². The van der Waals surface area contributed by atoms with Crippen LogP contribution >= 0.6 is 0 Å². The minimum absolute atomic E-state index is 0.0290. The summed E-state index contributed by atoms with van der Waals surface area (Å²) in [6, 6.07) is 5.08. The van der Waals surface area contributed by atoms with Crippen molar-refractivity contribution in [3.63, 3.8) is 0 Å². The number of amides is 2. The summed E-state index contributed by atoms with van der Waals surface area (Å²) < 4.78 is 49.2. The number of alkyl halides is 3. The van der Waals surface area contributed by atoms with Crippen LogP contribution in [-0.2, 0) is 20.4 Å². The van der Waals surface area contributed by atoms with Crippen LogP contribution in [0.3, 0.4) is 0 Å². The molecule has 0 spiro atoms. The van der Waals surface area contributed by atoms with Gasteiger partial charge in [0.15, 0.2) is 10.8 Å². The first-order valence-electron chi connectivity index (χ1n) is 6.94. The van der Waals surface area contributed by atoms with E-state index in [0.717, 1.165) is 12.5 Å². The highest BCUT2D eigenvalue weighted by molar-refractivity contribution is 7.86. The standard InChI is InChI=1S/C14H15F3N2O3S/c15-14(16,17)23(22)11-5-2-1-4-10(11)18-12(20)7-9-19-8-3-6-13(19)21/h1-2,4-5H,3,6-9H2,(H,18,20). The topological polar surface area (TPSA) is 66.5 Å². The van der Waals surface area contributed by atoms with Crippen molar-refractivity contribution in [1.29, 1.82) is 0 Å². The van der Waals surface area contributed by atoms with Gasteiger partial charge in [0.25, 0.3) is 0 Å². The summed E-state index contributed by atoms with van der Waals surface area (Å²) in [5.41, 5.74) is -5.04. The van der Waals surface area contributed by atoms with E-state index >= 15 is 0 Å². The number of hydrogen-bond donors (Lipinski definition) is 1. The molecule has 1 aromatic rings. The van der Waals surface area contributed by atoms with E-state index in [1.54, 1.807) is 4.90 Å². The van der Waals surface area contributed by atoms with E-state index in [2.05, 4.69) is 5.32 Å². The van der Waals surface area contributed by atoms with Gasteiger partial charge in [-0.2, -0.15) is 13.2 Å². The number of benzene rings is 1. The summed E-state index contributed by atoms with van der Waals surface area (Å²) in [7, 11) is -3.22. The van der Waals surface area contributed by atoms with Gasteiger partial charge in [0, 0.05) is 25.9 Å².